The minimum atomic E-state index is 0.127. The summed E-state index contributed by atoms with van der Waals surface area (Å²) < 4.78 is 0. The second-order valence-electron chi connectivity index (χ2n) is 6.11. The Bertz CT molecular complexity index is 361. The fourth-order valence-corrected chi connectivity index (χ4v) is 4.02. The zero-order chi connectivity index (χ0) is 12.7. The van der Waals surface area contributed by atoms with Crippen molar-refractivity contribution < 1.29 is 9.59 Å². The fourth-order valence-electron chi connectivity index (χ4n) is 4.02. The van der Waals surface area contributed by atoms with E-state index < -0.39 is 0 Å². The van der Waals surface area contributed by atoms with Crippen LogP contribution in [0.2, 0.25) is 0 Å². The summed E-state index contributed by atoms with van der Waals surface area (Å²) in [5.41, 5.74) is 0. The highest BCUT2D eigenvalue weighted by Crippen LogP contribution is 2.48. The molecule has 3 fully saturated rings. The van der Waals surface area contributed by atoms with Crippen LogP contribution in [0, 0.1) is 17.8 Å². The first-order chi connectivity index (χ1) is 8.65. The first-order valence-electron chi connectivity index (χ1n) is 7.19. The average Bonchev–Trinajstić information content (AvgIpc) is 3.00. The molecule has 3 atom stereocenters. The van der Waals surface area contributed by atoms with E-state index in [1.165, 1.54) is 19.3 Å². The molecule has 2 bridgehead atoms. The Kier molecular flexibility index (Phi) is 3.04. The maximum atomic E-state index is 12.5. The van der Waals surface area contributed by atoms with Crippen molar-refractivity contribution in [2.75, 3.05) is 26.2 Å². The standard InChI is InChI=1S/C14H22N2O2/c1-10(17)15-4-6-16(7-5-15)14(18)13-9-11-2-3-12(13)8-11/h11-13H,2-9H2,1H3. The summed E-state index contributed by atoms with van der Waals surface area (Å²) in [6.07, 6.45) is 5.00. The molecular weight excluding hydrogens is 228 g/mol. The van der Waals surface area contributed by atoms with Gasteiger partial charge in [-0.05, 0) is 31.1 Å². The predicted molar refractivity (Wildman–Crippen MR) is 67.8 cm³/mol. The zero-order valence-electron chi connectivity index (χ0n) is 11.1. The number of hydrogen-bond donors (Lipinski definition) is 0. The van der Waals surface area contributed by atoms with Crippen molar-refractivity contribution in [1.82, 2.24) is 9.80 Å². The Labute approximate surface area is 108 Å². The van der Waals surface area contributed by atoms with Crippen LogP contribution in [0.3, 0.4) is 0 Å². The number of amides is 2. The molecule has 1 heterocycles. The van der Waals surface area contributed by atoms with Gasteiger partial charge in [0.25, 0.3) is 0 Å². The van der Waals surface area contributed by atoms with Gasteiger partial charge in [0.05, 0.1) is 0 Å². The van der Waals surface area contributed by atoms with E-state index in [0.29, 0.717) is 30.8 Å². The lowest BCUT2D eigenvalue weighted by molar-refractivity contribution is -0.142. The molecule has 0 aromatic carbocycles. The van der Waals surface area contributed by atoms with Gasteiger partial charge in [-0.1, -0.05) is 6.42 Å². The van der Waals surface area contributed by atoms with E-state index in [9.17, 15) is 9.59 Å². The van der Waals surface area contributed by atoms with Gasteiger partial charge in [0.2, 0.25) is 11.8 Å². The molecule has 2 amide bonds. The van der Waals surface area contributed by atoms with Crippen LogP contribution in [-0.2, 0) is 9.59 Å². The molecule has 18 heavy (non-hydrogen) atoms. The highest BCUT2D eigenvalue weighted by molar-refractivity contribution is 5.80. The summed E-state index contributed by atoms with van der Waals surface area (Å²) in [5.74, 6) is 2.27. The van der Waals surface area contributed by atoms with Gasteiger partial charge in [-0.2, -0.15) is 0 Å². The third kappa shape index (κ3) is 2.02. The molecule has 0 aromatic heterocycles. The molecule has 4 heteroatoms. The smallest absolute Gasteiger partial charge is 0.226 e. The molecule has 0 radical (unpaired) electrons. The summed E-state index contributed by atoms with van der Waals surface area (Å²) in [6.45, 7) is 4.48. The Balaban J connectivity index is 1.56. The van der Waals surface area contributed by atoms with Crippen molar-refractivity contribution in [3.05, 3.63) is 0 Å². The van der Waals surface area contributed by atoms with Gasteiger partial charge in [0.1, 0.15) is 0 Å². The van der Waals surface area contributed by atoms with Crippen LogP contribution in [0.25, 0.3) is 0 Å². The van der Waals surface area contributed by atoms with Crippen molar-refractivity contribution in [2.24, 2.45) is 17.8 Å². The van der Waals surface area contributed by atoms with Crippen LogP contribution in [0.4, 0.5) is 0 Å². The van der Waals surface area contributed by atoms with E-state index in [4.69, 9.17) is 0 Å². The van der Waals surface area contributed by atoms with Crippen molar-refractivity contribution in [1.29, 1.82) is 0 Å². The van der Waals surface area contributed by atoms with Crippen LogP contribution in [-0.4, -0.2) is 47.8 Å². The Morgan fingerprint density at radius 3 is 2.11 bits per heavy atom. The van der Waals surface area contributed by atoms with Crippen molar-refractivity contribution in [3.63, 3.8) is 0 Å². The highest BCUT2D eigenvalue weighted by atomic mass is 16.2. The number of piperazine rings is 1. The number of nitrogens with zero attached hydrogens (tertiary/aromatic N) is 2. The Hall–Kier alpha value is -1.06. The van der Waals surface area contributed by atoms with E-state index in [2.05, 4.69) is 0 Å². The molecule has 3 rings (SSSR count). The van der Waals surface area contributed by atoms with Crippen LogP contribution in [0.5, 0.6) is 0 Å². The predicted octanol–water partition coefficient (Wildman–Crippen LogP) is 1.11. The second-order valence-corrected chi connectivity index (χ2v) is 6.11. The molecular formula is C14H22N2O2. The molecule has 0 aromatic rings. The lowest BCUT2D eigenvalue weighted by atomic mass is 9.87. The first-order valence-corrected chi connectivity index (χ1v) is 7.19. The molecule has 2 aliphatic carbocycles. The van der Waals surface area contributed by atoms with Crippen LogP contribution < -0.4 is 0 Å². The third-order valence-electron chi connectivity index (χ3n) is 5.09. The molecule has 4 nitrogen and oxygen atoms in total. The summed E-state index contributed by atoms with van der Waals surface area (Å²) in [4.78, 5) is 27.6. The summed E-state index contributed by atoms with van der Waals surface area (Å²) in [7, 11) is 0. The molecule has 0 N–H and O–H groups in total. The average molecular weight is 250 g/mol. The van der Waals surface area contributed by atoms with Crippen LogP contribution in [0.1, 0.15) is 32.6 Å². The number of carbonyl (C=O) groups is 2. The highest BCUT2D eigenvalue weighted by Gasteiger charge is 2.44. The first kappa shape index (κ1) is 12.0. The van der Waals surface area contributed by atoms with Crippen molar-refractivity contribution >= 4 is 11.8 Å². The van der Waals surface area contributed by atoms with Gasteiger partial charge in [-0.3, -0.25) is 9.59 Å². The largest absolute Gasteiger partial charge is 0.339 e. The maximum Gasteiger partial charge on any atom is 0.226 e. The normalized spacial score (nSPS) is 35.1. The number of hydrogen-bond acceptors (Lipinski definition) is 2. The summed E-state index contributed by atoms with van der Waals surface area (Å²) in [6, 6.07) is 0. The van der Waals surface area contributed by atoms with Gasteiger partial charge in [-0.25, -0.2) is 0 Å². The molecule has 3 aliphatic rings. The third-order valence-corrected chi connectivity index (χ3v) is 5.09. The van der Waals surface area contributed by atoms with Gasteiger partial charge in [0.15, 0.2) is 0 Å². The lowest BCUT2D eigenvalue weighted by Gasteiger charge is -2.36. The van der Waals surface area contributed by atoms with E-state index in [-0.39, 0.29) is 5.91 Å². The second kappa shape index (κ2) is 4.56. The topological polar surface area (TPSA) is 40.6 Å². The molecule has 1 aliphatic heterocycles. The number of carbonyl (C=O) groups excluding carboxylic acids is 2. The van der Waals surface area contributed by atoms with Crippen molar-refractivity contribution in [3.8, 4) is 0 Å². The van der Waals surface area contributed by atoms with Gasteiger partial charge >= 0.3 is 0 Å². The van der Waals surface area contributed by atoms with Gasteiger partial charge < -0.3 is 9.80 Å². The Morgan fingerprint density at radius 1 is 0.944 bits per heavy atom. The van der Waals surface area contributed by atoms with Crippen LogP contribution in [0.15, 0.2) is 0 Å². The monoisotopic (exact) mass is 250 g/mol. The summed E-state index contributed by atoms with van der Waals surface area (Å²) >= 11 is 0. The van der Waals surface area contributed by atoms with E-state index in [1.54, 1.807) is 6.92 Å². The number of rotatable bonds is 1. The minimum Gasteiger partial charge on any atom is -0.339 e. The van der Waals surface area contributed by atoms with Gasteiger partial charge in [-0.15, -0.1) is 0 Å². The van der Waals surface area contributed by atoms with E-state index >= 15 is 0 Å². The molecule has 0 spiro atoms. The number of fused-ring (bicyclic) bond motifs is 2. The lowest BCUT2D eigenvalue weighted by Crippen LogP contribution is -2.52. The fraction of sp³-hybridized carbons (Fsp3) is 0.857. The Morgan fingerprint density at radius 2 is 1.61 bits per heavy atom. The molecule has 3 unspecified atom stereocenters. The van der Waals surface area contributed by atoms with Gasteiger partial charge in [0, 0.05) is 39.0 Å². The SMILES string of the molecule is CC(=O)N1CCN(C(=O)C2CC3CCC2C3)CC1. The molecule has 1 saturated heterocycles. The quantitative estimate of drug-likeness (QED) is 0.699. The minimum absolute atomic E-state index is 0.127. The van der Waals surface area contributed by atoms with E-state index in [1.807, 2.05) is 9.80 Å². The molecule has 100 valence electrons. The van der Waals surface area contributed by atoms with Crippen molar-refractivity contribution in [2.45, 2.75) is 32.6 Å². The maximum absolute atomic E-state index is 12.5. The zero-order valence-corrected chi connectivity index (χ0v) is 11.1. The summed E-state index contributed by atoms with van der Waals surface area (Å²) in [5, 5.41) is 0. The molecule has 2 saturated carbocycles. The van der Waals surface area contributed by atoms with E-state index in [0.717, 1.165) is 25.4 Å². The van der Waals surface area contributed by atoms with Crippen LogP contribution >= 0.6 is 0 Å².